The van der Waals surface area contributed by atoms with Crippen molar-refractivity contribution in [2.75, 3.05) is 14.2 Å². The van der Waals surface area contributed by atoms with Crippen LogP contribution in [-0.4, -0.2) is 14.2 Å². The summed E-state index contributed by atoms with van der Waals surface area (Å²) in [5, 5.41) is 0.457. The normalized spacial score (nSPS) is 10.6. The molecule has 0 fully saturated rings. The van der Waals surface area contributed by atoms with E-state index in [2.05, 4.69) is 0 Å². The number of methoxy groups -OCH3 is 2. The van der Waals surface area contributed by atoms with Crippen LogP contribution in [0.4, 0.5) is 0 Å². The molecule has 0 amide bonds. The highest BCUT2D eigenvalue weighted by Crippen LogP contribution is 2.29. The first-order valence-electron chi connectivity index (χ1n) is 5.88. The predicted octanol–water partition coefficient (Wildman–Crippen LogP) is 2.76. The Kier molecular flexibility index (Phi) is 3.55. The van der Waals surface area contributed by atoms with Crippen molar-refractivity contribution < 1.29 is 13.9 Å². The summed E-state index contributed by atoms with van der Waals surface area (Å²) in [5.41, 5.74) is 0.418. The predicted molar refractivity (Wildman–Crippen MR) is 69.6 cm³/mol. The molecule has 0 unspecified atom stereocenters. The van der Waals surface area contributed by atoms with Crippen molar-refractivity contribution >= 4 is 11.0 Å². The smallest absolute Gasteiger partial charge is 0.196 e. The van der Waals surface area contributed by atoms with Crippen LogP contribution in [0.5, 0.6) is 11.5 Å². The van der Waals surface area contributed by atoms with Crippen molar-refractivity contribution in [2.45, 2.75) is 19.8 Å². The van der Waals surface area contributed by atoms with Gasteiger partial charge in [-0.1, -0.05) is 6.92 Å². The molecular weight excluding hydrogens is 232 g/mol. The zero-order valence-electron chi connectivity index (χ0n) is 10.8. The number of ether oxygens (including phenoxy) is 2. The minimum absolute atomic E-state index is 0.0841. The molecule has 2 rings (SSSR count). The second-order valence-corrected chi connectivity index (χ2v) is 4.03. The zero-order chi connectivity index (χ0) is 13.1. The average molecular weight is 248 g/mol. The molecular formula is C14H16O4. The number of aryl methyl sites for hydroxylation is 1. The van der Waals surface area contributed by atoms with Crippen LogP contribution < -0.4 is 14.9 Å². The molecule has 0 saturated carbocycles. The SMILES string of the molecule is CCCc1cc(=O)c2c(OC)cc(OC)cc2o1. The third-order valence-electron chi connectivity index (χ3n) is 2.77. The van der Waals surface area contributed by atoms with Gasteiger partial charge in [0.05, 0.1) is 14.2 Å². The second-order valence-electron chi connectivity index (χ2n) is 4.03. The summed E-state index contributed by atoms with van der Waals surface area (Å²) >= 11 is 0. The van der Waals surface area contributed by atoms with Crippen molar-refractivity contribution in [1.82, 2.24) is 0 Å². The maximum atomic E-state index is 12.1. The molecule has 4 nitrogen and oxygen atoms in total. The summed E-state index contributed by atoms with van der Waals surface area (Å²) < 4.78 is 16.1. The molecule has 0 aliphatic heterocycles. The fraction of sp³-hybridized carbons (Fsp3) is 0.357. The third-order valence-corrected chi connectivity index (χ3v) is 2.77. The minimum Gasteiger partial charge on any atom is -0.496 e. The molecule has 1 heterocycles. The maximum Gasteiger partial charge on any atom is 0.196 e. The molecule has 1 aromatic heterocycles. The van der Waals surface area contributed by atoms with Gasteiger partial charge in [-0.15, -0.1) is 0 Å². The molecule has 18 heavy (non-hydrogen) atoms. The van der Waals surface area contributed by atoms with Crippen LogP contribution >= 0.6 is 0 Å². The Morgan fingerprint density at radius 2 is 1.94 bits per heavy atom. The second kappa shape index (κ2) is 5.12. The lowest BCUT2D eigenvalue weighted by molar-refractivity contribution is 0.395. The van der Waals surface area contributed by atoms with Crippen molar-refractivity contribution in [3.63, 3.8) is 0 Å². The molecule has 1 aromatic carbocycles. The molecule has 0 N–H and O–H groups in total. The van der Waals surface area contributed by atoms with Crippen LogP contribution in [0.1, 0.15) is 19.1 Å². The van der Waals surface area contributed by atoms with Gasteiger partial charge in [0.2, 0.25) is 0 Å². The lowest BCUT2D eigenvalue weighted by Crippen LogP contribution is -2.04. The molecule has 0 aliphatic rings. The number of fused-ring (bicyclic) bond motifs is 1. The van der Waals surface area contributed by atoms with Gasteiger partial charge in [0.1, 0.15) is 28.2 Å². The van der Waals surface area contributed by atoms with E-state index in [4.69, 9.17) is 13.9 Å². The van der Waals surface area contributed by atoms with Gasteiger partial charge in [-0.05, 0) is 6.42 Å². The Bertz CT molecular complexity index is 613. The largest absolute Gasteiger partial charge is 0.496 e. The highest BCUT2D eigenvalue weighted by atomic mass is 16.5. The molecule has 2 aromatic rings. The van der Waals surface area contributed by atoms with E-state index in [0.717, 1.165) is 12.8 Å². The lowest BCUT2D eigenvalue weighted by Gasteiger charge is -2.08. The molecule has 0 bridgehead atoms. The summed E-state index contributed by atoms with van der Waals surface area (Å²) in [6.07, 6.45) is 1.67. The summed E-state index contributed by atoms with van der Waals surface area (Å²) in [6.45, 7) is 2.04. The first-order valence-corrected chi connectivity index (χ1v) is 5.88. The minimum atomic E-state index is -0.0841. The summed E-state index contributed by atoms with van der Waals surface area (Å²) in [7, 11) is 3.09. The van der Waals surface area contributed by atoms with E-state index in [1.807, 2.05) is 6.92 Å². The van der Waals surface area contributed by atoms with Gasteiger partial charge in [0.25, 0.3) is 0 Å². The van der Waals surface area contributed by atoms with Crippen LogP contribution in [0.2, 0.25) is 0 Å². The monoisotopic (exact) mass is 248 g/mol. The number of hydrogen-bond acceptors (Lipinski definition) is 4. The van der Waals surface area contributed by atoms with Crippen molar-refractivity contribution in [3.05, 3.63) is 34.2 Å². The van der Waals surface area contributed by atoms with E-state index in [1.165, 1.54) is 13.2 Å². The molecule has 0 atom stereocenters. The summed E-state index contributed by atoms with van der Waals surface area (Å²) in [5.74, 6) is 1.77. The fourth-order valence-electron chi connectivity index (χ4n) is 1.93. The van der Waals surface area contributed by atoms with Crippen LogP contribution in [-0.2, 0) is 6.42 Å². The van der Waals surface area contributed by atoms with Crippen LogP contribution in [0.15, 0.2) is 27.4 Å². The van der Waals surface area contributed by atoms with E-state index in [-0.39, 0.29) is 5.43 Å². The first-order chi connectivity index (χ1) is 8.69. The van der Waals surface area contributed by atoms with Crippen molar-refractivity contribution in [2.24, 2.45) is 0 Å². The van der Waals surface area contributed by atoms with Crippen molar-refractivity contribution in [3.8, 4) is 11.5 Å². The maximum absolute atomic E-state index is 12.1. The highest BCUT2D eigenvalue weighted by molar-refractivity contribution is 5.85. The molecule has 0 aliphatic carbocycles. The van der Waals surface area contributed by atoms with Crippen LogP contribution in [0.25, 0.3) is 11.0 Å². The Balaban J connectivity index is 2.74. The number of benzene rings is 1. The van der Waals surface area contributed by atoms with Gasteiger partial charge >= 0.3 is 0 Å². The first kappa shape index (κ1) is 12.5. The van der Waals surface area contributed by atoms with E-state index >= 15 is 0 Å². The zero-order valence-corrected chi connectivity index (χ0v) is 10.8. The number of rotatable bonds is 4. The molecule has 0 radical (unpaired) electrons. The lowest BCUT2D eigenvalue weighted by atomic mass is 10.1. The van der Waals surface area contributed by atoms with Gasteiger partial charge in [-0.25, -0.2) is 0 Å². The Morgan fingerprint density at radius 1 is 1.17 bits per heavy atom. The average Bonchev–Trinajstić information content (AvgIpc) is 2.37. The standard InChI is InChI=1S/C14H16O4/c1-4-5-9-6-11(15)14-12(17-3)7-10(16-2)8-13(14)18-9/h6-8H,4-5H2,1-3H3. The van der Waals surface area contributed by atoms with Crippen molar-refractivity contribution in [1.29, 1.82) is 0 Å². The summed E-state index contributed by atoms with van der Waals surface area (Å²) in [4.78, 5) is 12.1. The van der Waals surface area contributed by atoms with E-state index in [0.29, 0.717) is 28.2 Å². The van der Waals surface area contributed by atoms with E-state index in [1.54, 1.807) is 19.2 Å². The van der Waals surface area contributed by atoms with E-state index < -0.39 is 0 Å². The van der Waals surface area contributed by atoms with Crippen LogP contribution in [0.3, 0.4) is 0 Å². The number of hydrogen-bond donors (Lipinski definition) is 0. The van der Waals surface area contributed by atoms with Crippen LogP contribution in [0, 0.1) is 0 Å². The fourth-order valence-corrected chi connectivity index (χ4v) is 1.93. The third kappa shape index (κ3) is 2.18. The Hall–Kier alpha value is -1.97. The Morgan fingerprint density at radius 3 is 2.56 bits per heavy atom. The summed E-state index contributed by atoms with van der Waals surface area (Å²) in [6, 6.07) is 4.91. The molecule has 0 saturated heterocycles. The Labute approximate surface area is 105 Å². The van der Waals surface area contributed by atoms with Gasteiger partial charge in [-0.2, -0.15) is 0 Å². The molecule has 96 valence electrons. The molecule has 0 spiro atoms. The quantitative estimate of drug-likeness (QED) is 0.834. The molecule has 4 heteroatoms. The van der Waals surface area contributed by atoms with Gasteiger partial charge < -0.3 is 13.9 Å². The van der Waals surface area contributed by atoms with E-state index in [9.17, 15) is 4.79 Å². The van der Waals surface area contributed by atoms with Gasteiger partial charge in [-0.3, -0.25) is 4.79 Å². The highest BCUT2D eigenvalue weighted by Gasteiger charge is 2.12. The van der Waals surface area contributed by atoms with Gasteiger partial charge in [0, 0.05) is 24.6 Å². The van der Waals surface area contributed by atoms with Gasteiger partial charge in [0.15, 0.2) is 5.43 Å². The topological polar surface area (TPSA) is 48.7 Å².